The van der Waals surface area contributed by atoms with Gasteiger partial charge in [0, 0.05) is 25.9 Å². The van der Waals surface area contributed by atoms with E-state index in [9.17, 15) is 4.39 Å². The van der Waals surface area contributed by atoms with Crippen molar-refractivity contribution in [1.29, 1.82) is 0 Å². The van der Waals surface area contributed by atoms with E-state index in [4.69, 9.17) is 0 Å². The van der Waals surface area contributed by atoms with Crippen LogP contribution in [0, 0.1) is 5.82 Å². The minimum Gasteiger partial charge on any atom is -0.356 e. The number of likely N-dealkylation sites (tertiary alicyclic amines) is 1. The van der Waals surface area contributed by atoms with Crippen molar-refractivity contribution in [3.63, 3.8) is 0 Å². The Balaban J connectivity index is 0.00000338. The third-order valence-electron chi connectivity index (χ3n) is 4.53. The topological polar surface area (TPSA) is 39.7 Å². The number of unbranched alkanes of at least 4 members (excludes halogenated alkanes) is 1. The first-order chi connectivity index (χ1) is 12.2. The molecule has 1 aliphatic rings. The van der Waals surface area contributed by atoms with Gasteiger partial charge >= 0.3 is 0 Å². The molecule has 2 rings (SSSR count). The van der Waals surface area contributed by atoms with Gasteiger partial charge < -0.3 is 15.5 Å². The SMILES string of the molecule is CN=C(NCCCCN1CCCC1)NCc1ccc(F)cc1CSC.I. The number of hydrogen-bond donors (Lipinski definition) is 2. The fourth-order valence-corrected chi connectivity index (χ4v) is 3.71. The van der Waals surface area contributed by atoms with Crippen LogP contribution < -0.4 is 10.6 Å². The highest BCUT2D eigenvalue weighted by Gasteiger charge is 2.10. The van der Waals surface area contributed by atoms with Crippen LogP contribution in [0.2, 0.25) is 0 Å². The highest BCUT2D eigenvalue weighted by Crippen LogP contribution is 2.16. The molecule has 0 aromatic heterocycles. The Morgan fingerprint density at radius 2 is 1.96 bits per heavy atom. The van der Waals surface area contributed by atoms with Gasteiger partial charge in [-0.05, 0) is 74.8 Å². The molecule has 26 heavy (non-hydrogen) atoms. The molecule has 1 fully saturated rings. The van der Waals surface area contributed by atoms with Crippen LogP contribution in [0.1, 0.15) is 36.8 Å². The van der Waals surface area contributed by atoms with E-state index in [0.717, 1.165) is 35.8 Å². The van der Waals surface area contributed by atoms with E-state index in [1.165, 1.54) is 45.0 Å². The molecule has 1 heterocycles. The van der Waals surface area contributed by atoms with Gasteiger partial charge in [0.1, 0.15) is 5.82 Å². The quantitative estimate of drug-likeness (QED) is 0.237. The molecular weight excluding hydrogens is 462 g/mol. The maximum absolute atomic E-state index is 13.4. The van der Waals surface area contributed by atoms with Crippen molar-refractivity contribution in [3.05, 3.63) is 35.1 Å². The van der Waals surface area contributed by atoms with E-state index in [2.05, 4.69) is 20.5 Å². The zero-order chi connectivity index (χ0) is 17.9. The van der Waals surface area contributed by atoms with Crippen molar-refractivity contribution in [2.24, 2.45) is 4.99 Å². The first-order valence-corrected chi connectivity index (χ1v) is 10.6. The number of hydrogen-bond acceptors (Lipinski definition) is 3. The Bertz CT molecular complexity index is 550. The maximum Gasteiger partial charge on any atom is 0.191 e. The Labute approximate surface area is 178 Å². The van der Waals surface area contributed by atoms with E-state index in [-0.39, 0.29) is 29.8 Å². The van der Waals surface area contributed by atoms with Crippen molar-refractivity contribution in [2.75, 3.05) is 39.5 Å². The summed E-state index contributed by atoms with van der Waals surface area (Å²) in [4.78, 5) is 6.83. The number of thioether (sulfide) groups is 1. The Kier molecular flexibility index (Phi) is 12.3. The highest BCUT2D eigenvalue weighted by molar-refractivity contribution is 14.0. The molecule has 0 amide bonds. The molecule has 1 aromatic carbocycles. The molecule has 0 spiro atoms. The molecule has 0 radical (unpaired) electrons. The van der Waals surface area contributed by atoms with Crippen LogP contribution in [-0.2, 0) is 12.3 Å². The lowest BCUT2D eigenvalue weighted by atomic mass is 10.1. The Morgan fingerprint density at radius 1 is 1.19 bits per heavy atom. The van der Waals surface area contributed by atoms with Crippen molar-refractivity contribution in [2.45, 2.75) is 38.0 Å². The van der Waals surface area contributed by atoms with Crippen LogP contribution in [0.15, 0.2) is 23.2 Å². The highest BCUT2D eigenvalue weighted by atomic mass is 127. The third-order valence-corrected chi connectivity index (χ3v) is 5.13. The van der Waals surface area contributed by atoms with Crippen LogP contribution in [0.25, 0.3) is 0 Å². The van der Waals surface area contributed by atoms with Gasteiger partial charge in [-0.25, -0.2) is 4.39 Å². The molecular formula is C19H32FIN4S. The summed E-state index contributed by atoms with van der Waals surface area (Å²) in [6, 6.07) is 5.01. The van der Waals surface area contributed by atoms with E-state index < -0.39 is 0 Å². The number of benzene rings is 1. The van der Waals surface area contributed by atoms with Crippen molar-refractivity contribution in [1.82, 2.24) is 15.5 Å². The monoisotopic (exact) mass is 494 g/mol. The van der Waals surface area contributed by atoms with Gasteiger partial charge in [-0.15, -0.1) is 24.0 Å². The Hall–Kier alpha value is -0.540. The second-order valence-corrected chi connectivity index (χ2v) is 7.32. The molecule has 7 heteroatoms. The maximum atomic E-state index is 13.4. The minimum absolute atomic E-state index is 0. The first-order valence-electron chi connectivity index (χ1n) is 9.16. The van der Waals surface area contributed by atoms with E-state index >= 15 is 0 Å². The van der Waals surface area contributed by atoms with Crippen LogP contribution in [-0.4, -0.2) is 50.3 Å². The normalized spacial score (nSPS) is 15.0. The average Bonchev–Trinajstić information content (AvgIpc) is 3.12. The number of halogens is 2. The summed E-state index contributed by atoms with van der Waals surface area (Å²) in [7, 11) is 1.78. The standard InChI is InChI=1S/C19H31FN4S.HI/c1-21-19(22-9-3-4-10-24-11-5-6-12-24)23-14-16-7-8-18(20)13-17(16)15-25-2;/h7-8,13H,3-6,9-12,14-15H2,1-2H3,(H2,21,22,23);1H. The molecule has 4 nitrogen and oxygen atoms in total. The lowest BCUT2D eigenvalue weighted by Crippen LogP contribution is -2.37. The summed E-state index contributed by atoms with van der Waals surface area (Å²) < 4.78 is 13.4. The molecule has 0 saturated carbocycles. The van der Waals surface area contributed by atoms with Crippen molar-refractivity contribution in [3.8, 4) is 0 Å². The van der Waals surface area contributed by atoms with Crippen molar-refractivity contribution >= 4 is 41.7 Å². The molecule has 148 valence electrons. The molecule has 1 saturated heterocycles. The summed E-state index contributed by atoms with van der Waals surface area (Å²) in [5, 5.41) is 6.70. The average molecular weight is 494 g/mol. The van der Waals surface area contributed by atoms with Gasteiger partial charge in [-0.1, -0.05) is 6.07 Å². The van der Waals surface area contributed by atoms with Gasteiger partial charge in [-0.2, -0.15) is 11.8 Å². The number of nitrogens with one attached hydrogen (secondary N) is 2. The van der Waals surface area contributed by atoms with Crippen LogP contribution in [0.3, 0.4) is 0 Å². The summed E-state index contributed by atoms with van der Waals surface area (Å²) in [6.07, 6.45) is 7.11. The molecule has 0 unspecified atom stereocenters. The molecule has 0 atom stereocenters. The molecule has 2 N–H and O–H groups in total. The van der Waals surface area contributed by atoms with Gasteiger partial charge in [0.05, 0.1) is 0 Å². The number of rotatable bonds is 9. The second-order valence-electron chi connectivity index (χ2n) is 6.45. The number of guanidine groups is 1. The van der Waals surface area contributed by atoms with E-state index in [1.54, 1.807) is 24.9 Å². The minimum atomic E-state index is -0.173. The fraction of sp³-hybridized carbons (Fsp3) is 0.632. The van der Waals surface area contributed by atoms with E-state index in [0.29, 0.717) is 6.54 Å². The Morgan fingerprint density at radius 3 is 2.65 bits per heavy atom. The van der Waals surface area contributed by atoms with Gasteiger partial charge in [0.2, 0.25) is 0 Å². The predicted octanol–water partition coefficient (Wildman–Crippen LogP) is 3.85. The lowest BCUT2D eigenvalue weighted by molar-refractivity contribution is 0.330. The summed E-state index contributed by atoms with van der Waals surface area (Å²) in [5.41, 5.74) is 2.16. The second kappa shape index (κ2) is 13.6. The first kappa shape index (κ1) is 23.5. The zero-order valence-electron chi connectivity index (χ0n) is 15.9. The molecule has 1 aliphatic heterocycles. The number of nitrogens with zero attached hydrogens (tertiary/aromatic N) is 2. The summed E-state index contributed by atoms with van der Waals surface area (Å²) in [6.45, 7) is 5.33. The van der Waals surface area contributed by atoms with Gasteiger partial charge in [0.15, 0.2) is 5.96 Å². The predicted molar refractivity (Wildman–Crippen MR) is 122 cm³/mol. The van der Waals surface area contributed by atoms with Crippen molar-refractivity contribution < 1.29 is 4.39 Å². The fourth-order valence-electron chi connectivity index (χ4n) is 3.13. The summed E-state index contributed by atoms with van der Waals surface area (Å²) in [5.74, 6) is 1.45. The van der Waals surface area contributed by atoms with E-state index in [1.807, 2.05) is 12.3 Å². The summed E-state index contributed by atoms with van der Waals surface area (Å²) >= 11 is 1.70. The van der Waals surface area contributed by atoms with Crippen LogP contribution in [0.4, 0.5) is 4.39 Å². The van der Waals surface area contributed by atoms with Gasteiger partial charge in [-0.3, -0.25) is 4.99 Å². The third kappa shape index (κ3) is 8.43. The molecule has 0 bridgehead atoms. The van der Waals surface area contributed by atoms with Crippen LogP contribution in [0.5, 0.6) is 0 Å². The molecule has 1 aromatic rings. The smallest absolute Gasteiger partial charge is 0.191 e. The molecule has 0 aliphatic carbocycles. The lowest BCUT2D eigenvalue weighted by Gasteiger charge is -2.16. The van der Waals surface area contributed by atoms with Crippen LogP contribution >= 0.6 is 35.7 Å². The zero-order valence-corrected chi connectivity index (χ0v) is 19.0. The largest absolute Gasteiger partial charge is 0.356 e. The van der Waals surface area contributed by atoms with Gasteiger partial charge in [0.25, 0.3) is 0 Å². The number of aliphatic imine (C=N–C) groups is 1.